The van der Waals surface area contributed by atoms with Crippen molar-refractivity contribution in [1.82, 2.24) is 0 Å². The van der Waals surface area contributed by atoms with Crippen LogP contribution in [0.1, 0.15) is 161 Å². The zero-order valence-corrected chi connectivity index (χ0v) is 21.5. The van der Waals surface area contributed by atoms with E-state index in [9.17, 15) is 4.79 Å². The number of carbonyl (C=O) groups is 1. The summed E-state index contributed by atoms with van der Waals surface area (Å²) in [5.74, 6) is 1.25. The van der Waals surface area contributed by atoms with Gasteiger partial charge in [0.25, 0.3) is 0 Å². The lowest BCUT2D eigenvalue weighted by atomic mass is 9.62. The van der Waals surface area contributed by atoms with E-state index < -0.39 is 0 Å². The number of hydrogen-bond acceptors (Lipinski definition) is 2. The topological polar surface area (TPSA) is 26.3 Å². The van der Waals surface area contributed by atoms with Gasteiger partial charge in [-0.2, -0.15) is 0 Å². The molecule has 0 aliphatic heterocycles. The van der Waals surface area contributed by atoms with Gasteiger partial charge in [-0.05, 0) is 70.1 Å². The lowest BCUT2D eigenvalue weighted by molar-refractivity contribution is -0.171. The summed E-state index contributed by atoms with van der Waals surface area (Å²) >= 11 is 0. The largest absolute Gasteiger partial charge is 0.462 e. The SMILES string of the molecule is CC(C(=O)OC1CCCCCCCC1)(C1CCCCCCCC1)C1CCCCCCCC1. The highest BCUT2D eigenvalue weighted by molar-refractivity contribution is 5.77. The third-order valence-corrected chi connectivity index (χ3v) is 9.42. The highest BCUT2D eigenvalue weighted by atomic mass is 16.5. The molecule has 3 fully saturated rings. The first-order valence-electron chi connectivity index (χ1n) is 14.9. The molecule has 186 valence electrons. The fourth-order valence-corrected chi connectivity index (χ4v) is 7.12. The summed E-state index contributed by atoms with van der Waals surface area (Å²) < 4.78 is 6.52. The maximum Gasteiger partial charge on any atom is 0.312 e. The first-order valence-corrected chi connectivity index (χ1v) is 14.9. The van der Waals surface area contributed by atoms with Gasteiger partial charge in [0.2, 0.25) is 0 Å². The van der Waals surface area contributed by atoms with Gasteiger partial charge in [-0.25, -0.2) is 0 Å². The molecular weight excluding hydrogens is 392 g/mol. The summed E-state index contributed by atoms with van der Waals surface area (Å²) in [4.78, 5) is 14.2. The molecule has 3 aliphatic carbocycles. The molecule has 0 saturated heterocycles. The number of carbonyl (C=O) groups excluding carboxylic acids is 1. The van der Waals surface area contributed by atoms with E-state index in [0.717, 1.165) is 12.8 Å². The summed E-state index contributed by atoms with van der Waals surface area (Å²) in [5, 5.41) is 0. The van der Waals surface area contributed by atoms with E-state index in [-0.39, 0.29) is 17.5 Å². The highest BCUT2D eigenvalue weighted by Gasteiger charge is 2.48. The van der Waals surface area contributed by atoms with Crippen LogP contribution in [-0.4, -0.2) is 12.1 Å². The van der Waals surface area contributed by atoms with Gasteiger partial charge >= 0.3 is 5.97 Å². The van der Waals surface area contributed by atoms with Gasteiger partial charge in [0.15, 0.2) is 0 Å². The van der Waals surface area contributed by atoms with E-state index in [0.29, 0.717) is 11.8 Å². The average molecular weight is 447 g/mol. The fraction of sp³-hybridized carbons (Fsp3) is 0.967. The van der Waals surface area contributed by atoms with E-state index in [4.69, 9.17) is 4.74 Å². The Bertz CT molecular complexity index is 459. The number of hydrogen-bond donors (Lipinski definition) is 0. The van der Waals surface area contributed by atoms with Crippen molar-refractivity contribution in [2.24, 2.45) is 17.3 Å². The van der Waals surface area contributed by atoms with Crippen molar-refractivity contribution < 1.29 is 9.53 Å². The van der Waals surface area contributed by atoms with Crippen molar-refractivity contribution in [1.29, 1.82) is 0 Å². The molecule has 0 aromatic rings. The molecule has 0 spiro atoms. The molecule has 0 heterocycles. The van der Waals surface area contributed by atoms with Crippen LogP contribution >= 0.6 is 0 Å². The molecule has 0 amide bonds. The molecule has 3 saturated carbocycles. The van der Waals surface area contributed by atoms with Crippen LogP contribution in [-0.2, 0) is 9.53 Å². The maximum atomic E-state index is 14.2. The van der Waals surface area contributed by atoms with Crippen LogP contribution in [0.3, 0.4) is 0 Å². The van der Waals surface area contributed by atoms with Gasteiger partial charge in [-0.3, -0.25) is 4.79 Å². The second-order valence-electron chi connectivity index (χ2n) is 11.8. The van der Waals surface area contributed by atoms with Crippen LogP contribution in [0.2, 0.25) is 0 Å². The van der Waals surface area contributed by atoms with E-state index in [1.54, 1.807) is 0 Å². The van der Waals surface area contributed by atoms with E-state index in [1.807, 2.05) is 0 Å². The van der Waals surface area contributed by atoms with Crippen molar-refractivity contribution in [3.8, 4) is 0 Å². The first-order chi connectivity index (χ1) is 15.7. The Labute approximate surface area is 200 Å². The van der Waals surface area contributed by atoms with Crippen LogP contribution in [0.5, 0.6) is 0 Å². The van der Waals surface area contributed by atoms with E-state index in [2.05, 4.69) is 6.92 Å². The van der Waals surface area contributed by atoms with Gasteiger partial charge in [0.05, 0.1) is 5.41 Å². The predicted molar refractivity (Wildman–Crippen MR) is 136 cm³/mol. The quantitative estimate of drug-likeness (QED) is 0.402. The number of rotatable bonds is 4. The Morgan fingerprint density at radius 2 is 0.781 bits per heavy atom. The highest BCUT2D eigenvalue weighted by Crippen LogP contribution is 2.48. The Kier molecular flexibility index (Phi) is 12.0. The zero-order chi connectivity index (χ0) is 22.5. The van der Waals surface area contributed by atoms with Crippen molar-refractivity contribution >= 4 is 5.97 Å². The molecule has 3 rings (SSSR count). The van der Waals surface area contributed by atoms with Gasteiger partial charge in [0, 0.05) is 0 Å². The van der Waals surface area contributed by atoms with E-state index in [1.165, 1.54) is 141 Å². The molecule has 2 nitrogen and oxygen atoms in total. The number of esters is 1. The van der Waals surface area contributed by atoms with Crippen molar-refractivity contribution in [2.45, 2.75) is 167 Å². The second-order valence-corrected chi connectivity index (χ2v) is 11.8. The fourth-order valence-electron chi connectivity index (χ4n) is 7.12. The molecule has 0 radical (unpaired) electrons. The Morgan fingerprint density at radius 3 is 1.12 bits per heavy atom. The summed E-state index contributed by atoms with van der Waals surface area (Å²) in [6.07, 6.45) is 31.4. The summed E-state index contributed by atoms with van der Waals surface area (Å²) in [5.41, 5.74) is -0.271. The normalized spacial score (nSPS) is 25.5. The van der Waals surface area contributed by atoms with Crippen LogP contribution in [0, 0.1) is 17.3 Å². The summed E-state index contributed by atoms with van der Waals surface area (Å²) in [6.45, 7) is 2.37. The second kappa shape index (κ2) is 14.7. The third kappa shape index (κ3) is 8.05. The van der Waals surface area contributed by atoms with Gasteiger partial charge in [-0.1, -0.05) is 103 Å². The van der Waals surface area contributed by atoms with Gasteiger partial charge in [0.1, 0.15) is 6.10 Å². The molecule has 3 aliphatic rings. The maximum absolute atomic E-state index is 14.2. The van der Waals surface area contributed by atoms with Crippen LogP contribution in [0.25, 0.3) is 0 Å². The Morgan fingerprint density at radius 1 is 0.500 bits per heavy atom. The minimum Gasteiger partial charge on any atom is -0.462 e. The summed E-state index contributed by atoms with van der Waals surface area (Å²) in [7, 11) is 0. The Balaban J connectivity index is 1.78. The average Bonchev–Trinajstić information content (AvgIpc) is 3.09. The molecule has 0 unspecified atom stereocenters. The smallest absolute Gasteiger partial charge is 0.312 e. The first kappa shape index (κ1) is 26.1. The van der Waals surface area contributed by atoms with E-state index >= 15 is 0 Å². The minimum absolute atomic E-state index is 0.174. The molecule has 0 aromatic heterocycles. The van der Waals surface area contributed by atoms with Crippen molar-refractivity contribution in [2.75, 3.05) is 0 Å². The molecule has 0 N–H and O–H groups in total. The lowest BCUT2D eigenvalue weighted by Crippen LogP contribution is -2.45. The van der Waals surface area contributed by atoms with Crippen LogP contribution < -0.4 is 0 Å². The predicted octanol–water partition coefficient (Wildman–Crippen LogP) is 9.54. The minimum atomic E-state index is -0.271. The van der Waals surface area contributed by atoms with Crippen LogP contribution in [0.4, 0.5) is 0 Å². The monoisotopic (exact) mass is 446 g/mol. The summed E-state index contributed by atoms with van der Waals surface area (Å²) in [6, 6.07) is 0. The molecule has 2 heteroatoms. The van der Waals surface area contributed by atoms with Gasteiger partial charge in [-0.15, -0.1) is 0 Å². The Hall–Kier alpha value is -0.530. The van der Waals surface area contributed by atoms with Crippen LogP contribution in [0.15, 0.2) is 0 Å². The molecule has 0 aromatic carbocycles. The molecule has 0 bridgehead atoms. The van der Waals surface area contributed by atoms with Crippen molar-refractivity contribution in [3.05, 3.63) is 0 Å². The third-order valence-electron chi connectivity index (χ3n) is 9.42. The molecule has 0 atom stereocenters. The van der Waals surface area contributed by atoms with Crippen molar-refractivity contribution in [3.63, 3.8) is 0 Å². The number of ether oxygens (including phenoxy) is 1. The lowest BCUT2D eigenvalue weighted by Gasteiger charge is -2.43. The molecule has 32 heavy (non-hydrogen) atoms. The molecular formula is C30H54O2. The standard InChI is InChI=1S/C30H54O2/c1-30(26-20-14-8-2-3-9-15-21-26,27-22-16-10-4-5-11-17-23-27)29(31)32-28-24-18-12-6-7-13-19-25-28/h26-28H,2-25H2,1H3. The zero-order valence-electron chi connectivity index (χ0n) is 21.5. The van der Waals surface area contributed by atoms with Gasteiger partial charge < -0.3 is 4.74 Å².